The molecule has 0 fully saturated rings. The zero-order chi connectivity index (χ0) is 14.3. The van der Waals surface area contributed by atoms with Gasteiger partial charge in [-0.15, -0.1) is 6.58 Å². The molecule has 0 saturated heterocycles. The average molecular weight is 246 g/mol. The molecule has 0 amide bonds. The second-order valence-corrected chi connectivity index (χ2v) is 5.75. The molecule has 0 aromatic carbocycles. The van der Waals surface area contributed by atoms with Gasteiger partial charge in [-0.25, -0.2) is 0 Å². The van der Waals surface area contributed by atoms with Crippen LogP contribution < -0.4 is 0 Å². The zero-order valence-electron chi connectivity index (χ0n) is 13.4. The van der Waals surface area contributed by atoms with Crippen molar-refractivity contribution in [2.24, 2.45) is 0 Å². The maximum atomic E-state index is 3.80. The van der Waals surface area contributed by atoms with E-state index in [1.165, 1.54) is 33.4 Å². The monoisotopic (exact) mass is 246 g/mol. The summed E-state index contributed by atoms with van der Waals surface area (Å²) in [4.78, 5) is 0. The van der Waals surface area contributed by atoms with Gasteiger partial charge in [-0.1, -0.05) is 39.5 Å². The van der Waals surface area contributed by atoms with E-state index >= 15 is 0 Å². The van der Waals surface area contributed by atoms with Crippen LogP contribution in [0.25, 0.3) is 0 Å². The third kappa shape index (κ3) is 6.05. The summed E-state index contributed by atoms with van der Waals surface area (Å²) >= 11 is 0. The summed E-state index contributed by atoms with van der Waals surface area (Å²) in [5.74, 6) is 0. The van der Waals surface area contributed by atoms with Crippen molar-refractivity contribution in [1.82, 2.24) is 0 Å². The smallest absolute Gasteiger partial charge is 0.0109 e. The summed E-state index contributed by atoms with van der Waals surface area (Å²) in [5.41, 5.74) is 8.90. The highest BCUT2D eigenvalue weighted by Crippen LogP contribution is 2.23. The van der Waals surface area contributed by atoms with Crippen LogP contribution in [0.3, 0.4) is 0 Å². The molecule has 0 aromatic rings. The van der Waals surface area contributed by atoms with E-state index in [9.17, 15) is 0 Å². The van der Waals surface area contributed by atoms with Crippen LogP contribution in [0.4, 0.5) is 0 Å². The Morgan fingerprint density at radius 3 is 1.44 bits per heavy atom. The van der Waals surface area contributed by atoms with E-state index in [0.29, 0.717) is 0 Å². The van der Waals surface area contributed by atoms with Gasteiger partial charge < -0.3 is 0 Å². The molecule has 0 radical (unpaired) electrons. The summed E-state index contributed by atoms with van der Waals surface area (Å²) in [6.07, 6.45) is 5.20. The Labute approximate surface area is 114 Å². The molecule has 0 aromatic heterocycles. The van der Waals surface area contributed by atoms with Gasteiger partial charge in [-0.05, 0) is 67.7 Å². The SMILES string of the molecule is C=CCC(C)=C(C)CC(C)=C(C)CC(C)=C(C)C. The Morgan fingerprint density at radius 1 is 0.667 bits per heavy atom. The number of allylic oxidation sites excluding steroid dienone is 7. The van der Waals surface area contributed by atoms with E-state index in [-0.39, 0.29) is 0 Å². The molecule has 0 aliphatic heterocycles. The molecule has 18 heavy (non-hydrogen) atoms. The minimum absolute atomic E-state index is 1.01. The van der Waals surface area contributed by atoms with Crippen LogP contribution in [0.15, 0.2) is 46.1 Å². The second kappa shape index (κ2) is 8.13. The first-order chi connectivity index (χ1) is 8.29. The molecule has 0 nitrogen and oxygen atoms in total. The van der Waals surface area contributed by atoms with E-state index in [1.807, 2.05) is 6.08 Å². The molecule has 0 saturated carbocycles. The van der Waals surface area contributed by atoms with Gasteiger partial charge in [0.05, 0.1) is 0 Å². The van der Waals surface area contributed by atoms with Crippen LogP contribution in [0.2, 0.25) is 0 Å². The van der Waals surface area contributed by atoms with Crippen LogP contribution in [0, 0.1) is 0 Å². The summed E-state index contributed by atoms with van der Waals surface area (Å²) in [5, 5.41) is 0. The summed E-state index contributed by atoms with van der Waals surface area (Å²) in [7, 11) is 0. The Hall–Kier alpha value is -1.04. The molecule has 0 aliphatic carbocycles. The number of hydrogen-bond acceptors (Lipinski definition) is 0. The lowest BCUT2D eigenvalue weighted by Crippen LogP contribution is -1.91. The number of hydrogen-bond donors (Lipinski definition) is 0. The van der Waals surface area contributed by atoms with Gasteiger partial charge >= 0.3 is 0 Å². The van der Waals surface area contributed by atoms with Crippen molar-refractivity contribution in [2.75, 3.05) is 0 Å². The highest BCUT2D eigenvalue weighted by atomic mass is 14.1. The van der Waals surface area contributed by atoms with Gasteiger partial charge in [0.15, 0.2) is 0 Å². The number of rotatable bonds is 6. The maximum absolute atomic E-state index is 3.80. The fourth-order valence-corrected chi connectivity index (χ4v) is 1.82. The molecule has 0 spiro atoms. The fraction of sp³-hybridized carbons (Fsp3) is 0.556. The van der Waals surface area contributed by atoms with Gasteiger partial charge in [0.25, 0.3) is 0 Å². The predicted molar refractivity (Wildman–Crippen MR) is 84.8 cm³/mol. The van der Waals surface area contributed by atoms with Crippen LogP contribution in [-0.2, 0) is 0 Å². The van der Waals surface area contributed by atoms with Gasteiger partial charge in [-0.2, -0.15) is 0 Å². The first-order valence-electron chi connectivity index (χ1n) is 6.83. The van der Waals surface area contributed by atoms with Crippen molar-refractivity contribution in [3.05, 3.63) is 46.1 Å². The fourth-order valence-electron chi connectivity index (χ4n) is 1.82. The van der Waals surface area contributed by atoms with Gasteiger partial charge in [0, 0.05) is 0 Å². The van der Waals surface area contributed by atoms with Crippen LogP contribution in [-0.4, -0.2) is 0 Å². The second-order valence-electron chi connectivity index (χ2n) is 5.75. The Morgan fingerprint density at radius 2 is 1.06 bits per heavy atom. The molecule has 0 unspecified atom stereocenters. The third-order valence-electron chi connectivity index (χ3n) is 3.82. The lowest BCUT2D eigenvalue weighted by Gasteiger charge is -2.12. The minimum atomic E-state index is 1.01. The lowest BCUT2D eigenvalue weighted by molar-refractivity contribution is 0.968. The molecule has 0 rings (SSSR count). The highest BCUT2D eigenvalue weighted by molar-refractivity contribution is 5.25. The highest BCUT2D eigenvalue weighted by Gasteiger charge is 2.03. The normalized spacial score (nSPS) is 13.7. The van der Waals surface area contributed by atoms with Crippen molar-refractivity contribution in [3.63, 3.8) is 0 Å². The van der Waals surface area contributed by atoms with E-state index in [1.54, 1.807) is 0 Å². The Bertz CT molecular complexity index is 382. The van der Waals surface area contributed by atoms with Crippen molar-refractivity contribution in [2.45, 2.75) is 67.7 Å². The molecule has 0 bridgehead atoms. The van der Waals surface area contributed by atoms with Crippen molar-refractivity contribution in [1.29, 1.82) is 0 Å². The molecule has 0 N–H and O–H groups in total. The van der Waals surface area contributed by atoms with Gasteiger partial charge in [0.1, 0.15) is 0 Å². The van der Waals surface area contributed by atoms with Crippen molar-refractivity contribution >= 4 is 0 Å². The van der Waals surface area contributed by atoms with Crippen LogP contribution in [0.5, 0.6) is 0 Å². The first-order valence-corrected chi connectivity index (χ1v) is 6.83. The molecular formula is C18H30. The Balaban J connectivity index is 4.84. The van der Waals surface area contributed by atoms with E-state index < -0.39 is 0 Å². The third-order valence-corrected chi connectivity index (χ3v) is 3.82. The van der Waals surface area contributed by atoms with E-state index in [4.69, 9.17) is 0 Å². The topological polar surface area (TPSA) is 0 Å². The summed E-state index contributed by atoms with van der Waals surface area (Å²) in [6.45, 7) is 19.4. The molecule has 0 aliphatic rings. The zero-order valence-corrected chi connectivity index (χ0v) is 13.4. The molecular weight excluding hydrogens is 216 g/mol. The Kier molecular flexibility index (Phi) is 7.66. The molecule has 0 atom stereocenters. The summed E-state index contributed by atoms with van der Waals surface area (Å²) in [6, 6.07) is 0. The van der Waals surface area contributed by atoms with Gasteiger partial charge in [0.2, 0.25) is 0 Å². The van der Waals surface area contributed by atoms with Crippen molar-refractivity contribution in [3.8, 4) is 0 Å². The molecule has 102 valence electrons. The van der Waals surface area contributed by atoms with Crippen LogP contribution in [0.1, 0.15) is 67.7 Å². The maximum Gasteiger partial charge on any atom is -0.0109 e. The first kappa shape index (κ1) is 17.0. The quantitative estimate of drug-likeness (QED) is 0.477. The minimum Gasteiger partial charge on any atom is -0.103 e. The van der Waals surface area contributed by atoms with Gasteiger partial charge in [-0.3, -0.25) is 0 Å². The predicted octanol–water partition coefficient (Wildman–Crippen LogP) is 6.37. The summed E-state index contributed by atoms with van der Waals surface area (Å²) < 4.78 is 0. The molecule has 0 heterocycles. The van der Waals surface area contributed by atoms with E-state index in [2.05, 4.69) is 55.0 Å². The van der Waals surface area contributed by atoms with E-state index in [0.717, 1.165) is 19.3 Å². The average Bonchev–Trinajstić information content (AvgIpc) is 2.28. The molecule has 0 heteroatoms. The standard InChI is InChI=1S/C18H30/c1-9-10-14(4)16(6)12-18(8)17(7)11-15(5)13(2)3/h9H,1,10-12H2,2-8H3. The van der Waals surface area contributed by atoms with Crippen molar-refractivity contribution < 1.29 is 0 Å². The largest absolute Gasteiger partial charge is 0.103 e. The van der Waals surface area contributed by atoms with Crippen LogP contribution >= 0.6 is 0 Å². The lowest BCUT2D eigenvalue weighted by atomic mass is 9.95.